The average Bonchev–Trinajstić information content (AvgIpc) is 2.90. The van der Waals surface area contributed by atoms with Crippen molar-refractivity contribution in [3.63, 3.8) is 0 Å². The highest BCUT2D eigenvalue weighted by molar-refractivity contribution is 5.86. The van der Waals surface area contributed by atoms with E-state index in [1.54, 1.807) is 0 Å². The summed E-state index contributed by atoms with van der Waals surface area (Å²) in [6, 6.07) is 0. The van der Waals surface area contributed by atoms with E-state index in [0.717, 1.165) is 0 Å². The van der Waals surface area contributed by atoms with E-state index in [-0.39, 0.29) is 12.7 Å². The van der Waals surface area contributed by atoms with Crippen molar-refractivity contribution in [2.45, 2.75) is 6.10 Å². The van der Waals surface area contributed by atoms with Gasteiger partial charge in [0.05, 0.1) is 18.8 Å². The van der Waals surface area contributed by atoms with Crippen molar-refractivity contribution in [1.29, 1.82) is 0 Å². The molecule has 0 bridgehead atoms. The standard InChI is InChI=1S/C10H8O4/c11-5-7(1-2-8-6-13-8)9-3-4-10(12)14-9/h3-4,8,11H,5-6H2/b9-7+/t8-/m1/s1. The maximum Gasteiger partial charge on any atom is 0.336 e. The monoisotopic (exact) mass is 192 g/mol. The largest absolute Gasteiger partial charge is 0.422 e. The molecular weight excluding hydrogens is 184 g/mol. The summed E-state index contributed by atoms with van der Waals surface area (Å²) in [5, 5.41) is 8.98. The Hall–Kier alpha value is -1.57. The Morgan fingerprint density at radius 3 is 2.93 bits per heavy atom. The molecule has 0 radical (unpaired) electrons. The predicted molar refractivity (Wildman–Crippen MR) is 46.9 cm³/mol. The van der Waals surface area contributed by atoms with Crippen molar-refractivity contribution in [2.75, 3.05) is 13.2 Å². The van der Waals surface area contributed by atoms with Gasteiger partial charge < -0.3 is 14.6 Å². The molecule has 0 amide bonds. The van der Waals surface area contributed by atoms with E-state index in [2.05, 4.69) is 11.8 Å². The highest BCUT2D eigenvalue weighted by atomic mass is 16.6. The number of ether oxygens (including phenoxy) is 2. The van der Waals surface area contributed by atoms with Crippen LogP contribution in [-0.4, -0.2) is 30.4 Å². The summed E-state index contributed by atoms with van der Waals surface area (Å²) in [7, 11) is 0. The Kier molecular flexibility index (Phi) is 2.35. The van der Waals surface area contributed by atoms with Crippen LogP contribution < -0.4 is 0 Å². The second-order valence-electron chi connectivity index (χ2n) is 2.85. The van der Waals surface area contributed by atoms with Gasteiger partial charge in [0.25, 0.3) is 0 Å². The van der Waals surface area contributed by atoms with Crippen LogP contribution in [0, 0.1) is 11.8 Å². The van der Waals surface area contributed by atoms with Gasteiger partial charge in [0.2, 0.25) is 0 Å². The molecule has 2 rings (SSSR count). The average molecular weight is 192 g/mol. The van der Waals surface area contributed by atoms with Gasteiger partial charge in [0, 0.05) is 6.08 Å². The normalized spacial score (nSPS) is 26.6. The van der Waals surface area contributed by atoms with Gasteiger partial charge in [-0.2, -0.15) is 0 Å². The summed E-state index contributed by atoms with van der Waals surface area (Å²) < 4.78 is 9.68. The summed E-state index contributed by atoms with van der Waals surface area (Å²) in [5.41, 5.74) is 0.405. The number of aliphatic hydroxyl groups is 1. The lowest BCUT2D eigenvalue weighted by molar-refractivity contribution is -0.132. The summed E-state index contributed by atoms with van der Waals surface area (Å²) in [4.78, 5) is 10.7. The summed E-state index contributed by atoms with van der Waals surface area (Å²) in [5.74, 6) is 5.39. The molecule has 2 heterocycles. The van der Waals surface area contributed by atoms with E-state index in [9.17, 15) is 4.79 Å². The van der Waals surface area contributed by atoms with Crippen LogP contribution in [0.5, 0.6) is 0 Å². The predicted octanol–water partition coefficient (Wildman–Crippen LogP) is -0.252. The number of rotatable bonds is 1. The highest BCUT2D eigenvalue weighted by Crippen LogP contribution is 2.14. The van der Waals surface area contributed by atoms with Crippen molar-refractivity contribution < 1.29 is 19.4 Å². The molecule has 0 aliphatic carbocycles. The van der Waals surface area contributed by atoms with Crippen LogP contribution >= 0.6 is 0 Å². The van der Waals surface area contributed by atoms with Gasteiger partial charge in [-0.3, -0.25) is 0 Å². The first kappa shape index (κ1) is 9.00. The number of hydrogen-bond acceptors (Lipinski definition) is 4. The van der Waals surface area contributed by atoms with Crippen LogP contribution in [0.25, 0.3) is 0 Å². The Bertz CT molecular complexity index is 377. The zero-order valence-corrected chi connectivity index (χ0v) is 7.32. The zero-order valence-electron chi connectivity index (χ0n) is 7.32. The SMILES string of the molecule is O=C1C=C/C(=C(/C#C[C@@H]2CO2)CO)O1. The minimum atomic E-state index is -0.435. The second kappa shape index (κ2) is 3.66. The number of aliphatic hydroxyl groups excluding tert-OH is 1. The first-order valence-electron chi connectivity index (χ1n) is 4.16. The third-order valence-electron chi connectivity index (χ3n) is 1.75. The second-order valence-corrected chi connectivity index (χ2v) is 2.85. The van der Waals surface area contributed by atoms with Crippen LogP contribution in [0.2, 0.25) is 0 Å². The molecule has 2 aliphatic heterocycles. The van der Waals surface area contributed by atoms with Gasteiger partial charge in [-0.25, -0.2) is 4.79 Å². The van der Waals surface area contributed by atoms with Crippen molar-refractivity contribution in [3.8, 4) is 11.8 Å². The van der Waals surface area contributed by atoms with Gasteiger partial charge in [-0.15, -0.1) is 0 Å². The fourth-order valence-corrected chi connectivity index (χ4v) is 0.960. The van der Waals surface area contributed by atoms with E-state index in [4.69, 9.17) is 14.6 Å². The van der Waals surface area contributed by atoms with Gasteiger partial charge in [0.15, 0.2) is 0 Å². The first-order valence-corrected chi connectivity index (χ1v) is 4.16. The molecule has 4 nitrogen and oxygen atoms in total. The molecule has 0 aromatic heterocycles. The molecule has 14 heavy (non-hydrogen) atoms. The number of carbonyl (C=O) groups is 1. The molecule has 72 valence electrons. The quantitative estimate of drug-likeness (QED) is 0.353. The van der Waals surface area contributed by atoms with Gasteiger partial charge in [-0.1, -0.05) is 11.8 Å². The minimum Gasteiger partial charge on any atom is -0.422 e. The van der Waals surface area contributed by atoms with E-state index in [1.165, 1.54) is 12.2 Å². The first-order chi connectivity index (χ1) is 6.79. The van der Waals surface area contributed by atoms with Crippen molar-refractivity contribution in [3.05, 3.63) is 23.5 Å². The Labute approximate surface area is 80.8 Å². The molecule has 2 aliphatic rings. The molecule has 0 aromatic rings. The van der Waals surface area contributed by atoms with Crippen LogP contribution in [-0.2, 0) is 14.3 Å². The number of carbonyl (C=O) groups excluding carboxylic acids is 1. The number of epoxide rings is 1. The topological polar surface area (TPSA) is 59.1 Å². The van der Waals surface area contributed by atoms with E-state index in [0.29, 0.717) is 17.9 Å². The summed E-state index contributed by atoms with van der Waals surface area (Å²) >= 11 is 0. The number of esters is 1. The molecule has 1 saturated heterocycles. The van der Waals surface area contributed by atoms with Crippen molar-refractivity contribution >= 4 is 5.97 Å². The summed E-state index contributed by atoms with van der Waals surface area (Å²) in [6.45, 7) is 0.392. The number of allylic oxidation sites excluding steroid dienone is 1. The maximum atomic E-state index is 10.7. The lowest BCUT2D eigenvalue weighted by atomic mass is 10.2. The lowest BCUT2D eigenvalue weighted by Crippen LogP contribution is -1.97. The molecule has 1 fully saturated rings. The molecule has 0 aromatic carbocycles. The molecule has 4 heteroatoms. The Morgan fingerprint density at radius 2 is 2.43 bits per heavy atom. The van der Waals surface area contributed by atoms with Gasteiger partial charge >= 0.3 is 5.97 Å². The molecular formula is C10H8O4. The fourth-order valence-electron chi connectivity index (χ4n) is 0.960. The molecule has 0 spiro atoms. The number of hydrogen-bond donors (Lipinski definition) is 1. The van der Waals surface area contributed by atoms with E-state index in [1.807, 2.05) is 0 Å². The Morgan fingerprint density at radius 1 is 1.64 bits per heavy atom. The number of cyclic esters (lactones) is 1. The Balaban J connectivity index is 2.16. The lowest BCUT2D eigenvalue weighted by Gasteiger charge is -1.98. The van der Waals surface area contributed by atoms with Crippen LogP contribution in [0.15, 0.2) is 23.5 Å². The van der Waals surface area contributed by atoms with Gasteiger partial charge in [-0.05, 0) is 6.08 Å². The summed E-state index contributed by atoms with van der Waals surface area (Å²) in [6.07, 6.45) is 2.76. The van der Waals surface area contributed by atoms with E-state index < -0.39 is 5.97 Å². The molecule has 1 N–H and O–H groups in total. The maximum absolute atomic E-state index is 10.7. The third kappa shape index (κ3) is 2.02. The zero-order chi connectivity index (χ0) is 9.97. The van der Waals surface area contributed by atoms with Crippen molar-refractivity contribution in [1.82, 2.24) is 0 Å². The fraction of sp³-hybridized carbons (Fsp3) is 0.300. The van der Waals surface area contributed by atoms with Gasteiger partial charge in [0.1, 0.15) is 11.9 Å². The van der Waals surface area contributed by atoms with E-state index >= 15 is 0 Å². The minimum absolute atomic E-state index is 0.0294. The highest BCUT2D eigenvalue weighted by Gasteiger charge is 2.19. The molecule has 0 unspecified atom stereocenters. The van der Waals surface area contributed by atoms with Crippen LogP contribution in [0.4, 0.5) is 0 Å². The van der Waals surface area contributed by atoms with Crippen LogP contribution in [0.1, 0.15) is 0 Å². The smallest absolute Gasteiger partial charge is 0.336 e. The van der Waals surface area contributed by atoms with Crippen LogP contribution in [0.3, 0.4) is 0 Å². The van der Waals surface area contributed by atoms with Crippen molar-refractivity contribution in [2.24, 2.45) is 0 Å². The molecule has 0 saturated carbocycles. The third-order valence-corrected chi connectivity index (χ3v) is 1.75. The molecule has 1 atom stereocenters.